The summed E-state index contributed by atoms with van der Waals surface area (Å²) in [5.74, 6) is 1.21. The highest BCUT2D eigenvalue weighted by Crippen LogP contribution is 2.18. The van der Waals surface area contributed by atoms with E-state index in [1.807, 2.05) is 11.8 Å². The third kappa shape index (κ3) is 4.51. The average Bonchev–Trinajstić information content (AvgIpc) is 2.40. The van der Waals surface area contributed by atoms with E-state index in [4.69, 9.17) is 4.74 Å². The number of hydrogen-bond donors (Lipinski definition) is 1. The normalized spacial score (nSPS) is 32.4. The number of thioether (sulfide) groups is 1. The van der Waals surface area contributed by atoms with E-state index in [0.717, 1.165) is 24.7 Å². The van der Waals surface area contributed by atoms with E-state index in [9.17, 15) is 0 Å². The molecule has 2 saturated heterocycles. The highest BCUT2D eigenvalue weighted by molar-refractivity contribution is 8.13. The van der Waals surface area contributed by atoms with Crippen LogP contribution in [0.1, 0.15) is 45.4 Å². The molecule has 0 saturated carbocycles. The van der Waals surface area contributed by atoms with Crippen LogP contribution in [0.5, 0.6) is 0 Å². The smallest absolute Gasteiger partial charge is 0.156 e. The summed E-state index contributed by atoms with van der Waals surface area (Å²) in [6, 6.07) is 0.640. The molecule has 0 aromatic heterocycles. The molecule has 98 valence electrons. The molecule has 0 aliphatic carbocycles. The molecule has 2 aliphatic rings. The van der Waals surface area contributed by atoms with E-state index < -0.39 is 0 Å². The third-order valence-corrected chi connectivity index (χ3v) is 4.47. The molecule has 4 heteroatoms. The second-order valence-electron chi connectivity index (χ2n) is 4.85. The van der Waals surface area contributed by atoms with Gasteiger partial charge in [0.25, 0.3) is 0 Å². The van der Waals surface area contributed by atoms with Crippen molar-refractivity contribution < 1.29 is 4.74 Å². The molecule has 2 unspecified atom stereocenters. The molecule has 2 rings (SSSR count). The molecule has 2 aliphatic heterocycles. The Balaban J connectivity index is 1.68. The van der Waals surface area contributed by atoms with Gasteiger partial charge in [-0.2, -0.15) is 0 Å². The lowest BCUT2D eigenvalue weighted by Gasteiger charge is -2.25. The van der Waals surface area contributed by atoms with Gasteiger partial charge >= 0.3 is 0 Å². The number of rotatable bonds is 4. The lowest BCUT2D eigenvalue weighted by molar-refractivity contribution is 0.0129. The van der Waals surface area contributed by atoms with Crippen LogP contribution in [0, 0.1) is 0 Å². The van der Waals surface area contributed by atoms with Gasteiger partial charge in [-0.05, 0) is 38.5 Å². The molecule has 0 amide bonds. The number of aliphatic imine (C=N–C) groups is 1. The minimum atomic E-state index is 0.462. The van der Waals surface area contributed by atoms with Crippen LogP contribution >= 0.6 is 11.8 Å². The van der Waals surface area contributed by atoms with E-state index in [1.165, 1.54) is 37.9 Å². The molecule has 0 spiro atoms. The Labute approximate surface area is 109 Å². The maximum atomic E-state index is 5.71. The SMILES string of the molecule is CCC1CCSC(=NCCC2CCCCO2)N1. The number of nitrogens with zero attached hydrogens (tertiary/aromatic N) is 1. The Kier molecular flexibility index (Phi) is 5.65. The Morgan fingerprint density at radius 1 is 1.41 bits per heavy atom. The maximum absolute atomic E-state index is 5.71. The molecular formula is C13H24N2OS. The second-order valence-corrected chi connectivity index (χ2v) is 5.93. The van der Waals surface area contributed by atoms with Gasteiger partial charge in [0.05, 0.1) is 6.10 Å². The number of hydrogen-bond acceptors (Lipinski definition) is 3. The summed E-state index contributed by atoms with van der Waals surface area (Å²) < 4.78 is 5.71. The lowest BCUT2D eigenvalue weighted by Crippen LogP contribution is -2.37. The zero-order valence-corrected chi connectivity index (χ0v) is 11.6. The van der Waals surface area contributed by atoms with Crippen molar-refractivity contribution in [2.24, 2.45) is 4.99 Å². The fraction of sp³-hybridized carbons (Fsp3) is 0.923. The third-order valence-electron chi connectivity index (χ3n) is 3.51. The van der Waals surface area contributed by atoms with Crippen LogP contribution in [0.15, 0.2) is 4.99 Å². The molecule has 2 fully saturated rings. The summed E-state index contributed by atoms with van der Waals surface area (Å²) in [6.07, 6.45) is 7.80. The molecule has 2 atom stereocenters. The van der Waals surface area contributed by atoms with Gasteiger partial charge in [-0.1, -0.05) is 18.7 Å². The zero-order valence-electron chi connectivity index (χ0n) is 10.8. The van der Waals surface area contributed by atoms with E-state index in [1.54, 1.807) is 0 Å². The fourth-order valence-corrected chi connectivity index (χ4v) is 3.36. The van der Waals surface area contributed by atoms with Gasteiger partial charge in [0.2, 0.25) is 0 Å². The monoisotopic (exact) mass is 256 g/mol. The van der Waals surface area contributed by atoms with Crippen molar-refractivity contribution >= 4 is 16.9 Å². The van der Waals surface area contributed by atoms with Gasteiger partial charge in [0.1, 0.15) is 0 Å². The maximum Gasteiger partial charge on any atom is 0.156 e. The minimum Gasteiger partial charge on any atom is -0.378 e. The molecule has 3 nitrogen and oxygen atoms in total. The average molecular weight is 256 g/mol. The highest BCUT2D eigenvalue weighted by atomic mass is 32.2. The first-order valence-corrected chi connectivity index (χ1v) is 7.92. The molecule has 0 aromatic rings. The van der Waals surface area contributed by atoms with E-state index in [0.29, 0.717) is 12.1 Å². The zero-order chi connectivity index (χ0) is 11.9. The standard InChI is InChI=1S/C13H24N2OS/c1-2-11-7-10-17-13(15-11)14-8-6-12-5-3-4-9-16-12/h11-12H,2-10H2,1H3,(H,14,15). The predicted octanol–water partition coefficient (Wildman–Crippen LogP) is 2.81. The first-order valence-electron chi connectivity index (χ1n) is 6.94. The van der Waals surface area contributed by atoms with Crippen molar-refractivity contribution in [1.82, 2.24) is 5.32 Å². The van der Waals surface area contributed by atoms with Crippen molar-refractivity contribution in [2.75, 3.05) is 18.9 Å². The van der Waals surface area contributed by atoms with E-state index in [-0.39, 0.29) is 0 Å². The molecule has 0 aromatic carbocycles. The summed E-state index contributed by atoms with van der Waals surface area (Å²) in [6.45, 7) is 4.10. The number of amidine groups is 1. The van der Waals surface area contributed by atoms with Crippen LogP contribution in [0.4, 0.5) is 0 Å². The molecule has 2 heterocycles. The van der Waals surface area contributed by atoms with Gasteiger partial charge < -0.3 is 10.1 Å². The van der Waals surface area contributed by atoms with Crippen LogP contribution in [0.25, 0.3) is 0 Å². The first kappa shape index (κ1) is 13.2. The molecule has 0 bridgehead atoms. The van der Waals surface area contributed by atoms with Crippen LogP contribution < -0.4 is 5.32 Å². The van der Waals surface area contributed by atoms with Crippen LogP contribution in [-0.4, -0.2) is 36.2 Å². The molecule has 17 heavy (non-hydrogen) atoms. The number of ether oxygens (including phenoxy) is 1. The van der Waals surface area contributed by atoms with Gasteiger partial charge in [0, 0.05) is 24.9 Å². The first-order chi connectivity index (χ1) is 8.38. The second kappa shape index (κ2) is 7.27. The summed E-state index contributed by atoms with van der Waals surface area (Å²) in [5, 5.41) is 4.66. The van der Waals surface area contributed by atoms with Crippen molar-refractivity contribution in [3.8, 4) is 0 Å². The summed E-state index contributed by atoms with van der Waals surface area (Å²) in [7, 11) is 0. The molecule has 1 N–H and O–H groups in total. The van der Waals surface area contributed by atoms with Gasteiger partial charge in [-0.3, -0.25) is 4.99 Å². The van der Waals surface area contributed by atoms with Crippen molar-refractivity contribution in [3.05, 3.63) is 0 Å². The summed E-state index contributed by atoms with van der Waals surface area (Å²) in [5.41, 5.74) is 0. The largest absolute Gasteiger partial charge is 0.378 e. The quantitative estimate of drug-likeness (QED) is 0.840. The molecular weight excluding hydrogens is 232 g/mol. The van der Waals surface area contributed by atoms with Crippen molar-refractivity contribution in [2.45, 2.75) is 57.6 Å². The van der Waals surface area contributed by atoms with Crippen LogP contribution in [0.3, 0.4) is 0 Å². The van der Waals surface area contributed by atoms with Gasteiger partial charge in [0.15, 0.2) is 5.17 Å². The van der Waals surface area contributed by atoms with Crippen molar-refractivity contribution in [3.63, 3.8) is 0 Å². The summed E-state index contributed by atoms with van der Waals surface area (Å²) >= 11 is 1.87. The predicted molar refractivity (Wildman–Crippen MR) is 74.8 cm³/mol. The van der Waals surface area contributed by atoms with E-state index in [2.05, 4.69) is 17.2 Å². The van der Waals surface area contributed by atoms with Crippen molar-refractivity contribution in [1.29, 1.82) is 0 Å². The topological polar surface area (TPSA) is 33.6 Å². The fourth-order valence-electron chi connectivity index (χ4n) is 2.33. The molecule has 0 radical (unpaired) electrons. The van der Waals surface area contributed by atoms with Gasteiger partial charge in [-0.25, -0.2) is 0 Å². The number of nitrogens with one attached hydrogen (secondary N) is 1. The van der Waals surface area contributed by atoms with Crippen LogP contribution in [0.2, 0.25) is 0 Å². The Bertz CT molecular complexity index is 252. The Hall–Kier alpha value is -0.220. The lowest BCUT2D eigenvalue weighted by atomic mass is 10.1. The Morgan fingerprint density at radius 3 is 3.12 bits per heavy atom. The highest BCUT2D eigenvalue weighted by Gasteiger charge is 2.16. The van der Waals surface area contributed by atoms with E-state index >= 15 is 0 Å². The van der Waals surface area contributed by atoms with Crippen LogP contribution in [-0.2, 0) is 4.74 Å². The summed E-state index contributed by atoms with van der Waals surface area (Å²) in [4.78, 5) is 4.66. The van der Waals surface area contributed by atoms with Gasteiger partial charge in [-0.15, -0.1) is 0 Å². The minimum absolute atomic E-state index is 0.462. The Morgan fingerprint density at radius 2 is 2.35 bits per heavy atom.